The molecule has 0 bridgehead atoms. The van der Waals surface area contributed by atoms with Crippen molar-refractivity contribution in [1.82, 2.24) is 10.5 Å². The Balaban J connectivity index is 2.05. The minimum Gasteiger partial charge on any atom is -0.399 e. The average molecular weight is 249 g/mol. The van der Waals surface area contributed by atoms with Crippen molar-refractivity contribution < 1.29 is 13.7 Å². The van der Waals surface area contributed by atoms with Crippen LogP contribution >= 0.6 is 0 Å². The highest BCUT2D eigenvalue weighted by atomic mass is 19.1. The lowest BCUT2D eigenvalue weighted by molar-refractivity contribution is 0.0946. The van der Waals surface area contributed by atoms with Gasteiger partial charge in [-0.25, -0.2) is 4.39 Å². The van der Waals surface area contributed by atoms with E-state index in [1.54, 1.807) is 13.0 Å². The van der Waals surface area contributed by atoms with Crippen LogP contribution in [0.5, 0.6) is 0 Å². The maximum atomic E-state index is 13.4. The molecular weight excluding hydrogens is 237 g/mol. The van der Waals surface area contributed by atoms with Gasteiger partial charge in [0.05, 0.1) is 12.1 Å². The molecule has 94 valence electrons. The van der Waals surface area contributed by atoms with Crippen molar-refractivity contribution in [3.63, 3.8) is 0 Å². The summed E-state index contributed by atoms with van der Waals surface area (Å²) in [6.45, 7) is 1.92. The molecule has 2 aromatic rings. The van der Waals surface area contributed by atoms with Gasteiger partial charge < -0.3 is 15.6 Å². The van der Waals surface area contributed by atoms with E-state index in [4.69, 9.17) is 10.3 Å². The summed E-state index contributed by atoms with van der Waals surface area (Å²) >= 11 is 0. The van der Waals surface area contributed by atoms with Crippen LogP contribution in [0.3, 0.4) is 0 Å². The SMILES string of the molecule is Cc1cc(CNC(=O)c2cc(N)ccc2F)no1. The largest absolute Gasteiger partial charge is 0.399 e. The smallest absolute Gasteiger partial charge is 0.254 e. The van der Waals surface area contributed by atoms with Crippen LogP contribution in [0.15, 0.2) is 28.8 Å². The number of aryl methyl sites for hydroxylation is 1. The van der Waals surface area contributed by atoms with Crippen LogP contribution in [0.4, 0.5) is 10.1 Å². The first kappa shape index (κ1) is 12.1. The highest BCUT2D eigenvalue weighted by Crippen LogP contribution is 2.12. The zero-order valence-electron chi connectivity index (χ0n) is 9.74. The van der Waals surface area contributed by atoms with Crippen molar-refractivity contribution in [1.29, 1.82) is 0 Å². The molecule has 0 unspecified atom stereocenters. The summed E-state index contributed by atoms with van der Waals surface area (Å²) < 4.78 is 18.2. The van der Waals surface area contributed by atoms with Crippen molar-refractivity contribution in [2.75, 3.05) is 5.73 Å². The molecule has 3 N–H and O–H groups in total. The summed E-state index contributed by atoms with van der Waals surface area (Å²) in [4.78, 5) is 11.7. The molecule has 1 heterocycles. The van der Waals surface area contributed by atoms with Crippen LogP contribution < -0.4 is 11.1 Å². The van der Waals surface area contributed by atoms with Gasteiger partial charge in [0.15, 0.2) is 0 Å². The Hall–Kier alpha value is -2.37. The fourth-order valence-corrected chi connectivity index (χ4v) is 1.48. The van der Waals surface area contributed by atoms with Gasteiger partial charge in [-0.05, 0) is 25.1 Å². The lowest BCUT2D eigenvalue weighted by atomic mass is 10.1. The summed E-state index contributed by atoms with van der Waals surface area (Å²) in [6, 6.07) is 5.53. The first-order chi connectivity index (χ1) is 8.56. The number of hydrogen-bond donors (Lipinski definition) is 2. The van der Waals surface area contributed by atoms with Crippen molar-refractivity contribution in [3.05, 3.63) is 47.1 Å². The van der Waals surface area contributed by atoms with Gasteiger partial charge in [-0.15, -0.1) is 0 Å². The third kappa shape index (κ3) is 2.65. The van der Waals surface area contributed by atoms with E-state index in [1.807, 2.05) is 0 Å². The molecule has 0 radical (unpaired) electrons. The van der Waals surface area contributed by atoms with E-state index in [0.717, 1.165) is 6.07 Å². The second kappa shape index (κ2) is 4.87. The summed E-state index contributed by atoms with van der Waals surface area (Å²) in [7, 11) is 0. The molecule has 2 rings (SSSR count). The van der Waals surface area contributed by atoms with E-state index in [2.05, 4.69) is 10.5 Å². The number of carbonyl (C=O) groups excluding carboxylic acids is 1. The number of rotatable bonds is 3. The topological polar surface area (TPSA) is 81.2 Å². The normalized spacial score (nSPS) is 10.3. The van der Waals surface area contributed by atoms with Gasteiger partial charge in [0.25, 0.3) is 5.91 Å². The second-order valence-corrected chi connectivity index (χ2v) is 3.85. The Kier molecular flexibility index (Phi) is 3.27. The van der Waals surface area contributed by atoms with Crippen LogP contribution in [0.2, 0.25) is 0 Å². The molecular formula is C12H12FN3O2. The Labute approximate surface area is 103 Å². The summed E-state index contributed by atoms with van der Waals surface area (Å²) in [5.41, 5.74) is 6.32. The van der Waals surface area contributed by atoms with Crippen LogP contribution in [0, 0.1) is 12.7 Å². The van der Waals surface area contributed by atoms with Gasteiger partial charge in [-0.1, -0.05) is 5.16 Å². The molecule has 0 fully saturated rings. The number of hydrogen-bond acceptors (Lipinski definition) is 4. The van der Waals surface area contributed by atoms with E-state index in [1.165, 1.54) is 12.1 Å². The van der Waals surface area contributed by atoms with Gasteiger partial charge in [-0.3, -0.25) is 4.79 Å². The Bertz CT molecular complexity index is 580. The summed E-state index contributed by atoms with van der Waals surface area (Å²) in [5, 5.41) is 6.25. The number of nitrogen functional groups attached to an aromatic ring is 1. The molecule has 0 atom stereocenters. The molecule has 1 aromatic heterocycles. The third-order valence-electron chi connectivity index (χ3n) is 2.34. The maximum Gasteiger partial charge on any atom is 0.254 e. The molecule has 0 saturated carbocycles. The highest BCUT2D eigenvalue weighted by Gasteiger charge is 2.12. The third-order valence-corrected chi connectivity index (χ3v) is 2.34. The summed E-state index contributed by atoms with van der Waals surface area (Å²) in [5.74, 6) is -0.507. The van der Waals surface area contributed by atoms with Crippen LogP contribution in [-0.4, -0.2) is 11.1 Å². The lowest BCUT2D eigenvalue weighted by Crippen LogP contribution is -2.24. The fourth-order valence-electron chi connectivity index (χ4n) is 1.48. The molecule has 0 aliphatic heterocycles. The first-order valence-electron chi connectivity index (χ1n) is 5.31. The van der Waals surface area contributed by atoms with Crippen molar-refractivity contribution in [3.8, 4) is 0 Å². The fraction of sp³-hybridized carbons (Fsp3) is 0.167. The van der Waals surface area contributed by atoms with Gasteiger partial charge in [0.2, 0.25) is 0 Å². The van der Waals surface area contributed by atoms with Crippen molar-refractivity contribution in [2.45, 2.75) is 13.5 Å². The Morgan fingerprint density at radius 3 is 2.94 bits per heavy atom. The minimum absolute atomic E-state index is 0.0878. The number of aromatic nitrogens is 1. The molecule has 18 heavy (non-hydrogen) atoms. The summed E-state index contributed by atoms with van der Waals surface area (Å²) in [6.07, 6.45) is 0. The van der Waals surface area contributed by atoms with Crippen molar-refractivity contribution >= 4 is 11.6 Å². The zero-order chi connectivity index (χ0) is 13.1. The van der Waals surface area contributed by atoms with E-state index in [0.29, 0.717) is 17.1 Å². The van der Waals surface area contributed by atoms with E-state index in [-0.39, 0.29) is 12.1 Å². The van der Waals surface area contributed by atoms with E-state index >= 15 is 0 Å². The maximum absolute atomic E-state index is 13.4. The second-order valence-electron chi connectivity index (χ2n) is 3.85. The monoisotopic (exact) mass is 249 g/mol. The molecule has 1 amide bonds. The standard InChI is InChI=1S/C12H12FN3O2/c1-7-4-9(16-18-7)6-15-12(17)10-5-8(14)2-3-11(10)13/h2-5H,6,14H2,1H3,(H,15,17). The predicted molar refractivity (Wildman–Crippen MR) is 63.2 cm³/mol. The molecule has 0 aliphatic rings. The van der Waals surface area contributed by atoms with Crippen LogP contribution in [0.25, 0.3) is 0 Å². The van der Waals surface area contributed by atoms with Gasteiger partial charge >= 0.3 is 0 Å². The number of nitrogens with two attached hydrogens (primary N) is 1. The zero-order valence-corrected chi connectivity index (χ0v) is 9.74. The average Bonchev–Trinajstić information content (AvgIpc) is 2.75. The Morgan fingerprint density at radius 2 is 2.28 bits per heavy atom. The molecule has 5 nitrogen and oxygen atoms in total. The molecule has 1 aromatic carbocycles. The first-order valence-corrected chi connectivity index (χ1v) is 5.31. The van der Waals surface area contributed by atoms with E-state index < -0.39 is 11.7 Å². The van der Waals surface area contributed by atoms with Gasteiger partial charge in [-0.2, -0.15) is 0 Å². The van der Waals surface area contributed by atoms with Crippen LogP contribution in [-0.2, 0) is 6.54 Å². The minimum atomic E-state index is -0.613. The van der Waals surface area contributed by atoms with Gasteiger partial charge in [0, 0.05) is 11.8 Å². The number of nitrogens with zero attached hydrogens (tertiary/aromatic N) is 1. The molecule has 0 aliphatic carbocycles. The number of amides is 1. The lowest BCUT2D eigenvalue weighted by Gasteiger charge is -2.05. The number of nitrogens with one attached hydrogen (secondary N) is 1. The quantitative estimate of drug-likeness (QED) is 0.810. The number of halogens is 1. The number of carbonyl (C=O) groups is 1. The molecule has 6 heteroatoms. The Morgan fingerprint density at radius 1 is 1.50 bits per heavy atom. The number of benzene rings is 1. The molecule has 0 saturated heterocycles. The molecule has 0 spiro atoms. The van der Waals surface area contributed by atoms with Crippen molar-refractivity contribution in [2.24, 2.45) is 0 Å². The predicted octanol–water partition coefficient (Wildman–Crippen LogP) is 1.63. The number of anilines is 1. The highest BCUT2D eigenvalue weighted by molar-refractivity contribution is 5.95. The van der Waals surface area contributed by atoms with Gasteiger partial charge in [0.1, 0.15) is 17.3 Å². The van der Waals surface area contributed by atoms with E-state index in [9.17, 15) is 9.18 Å². The van der Waals surface area contributed by atoms with Crippen LogP contribution in [0.1, 0.15) is 21.8 Å².